The quantitative estimate of drug-likeness (QED) is 0.541. The summed E-state index contributed by atoms with van der Waals surface area (Å²) in [5.74, 6) is 1.46. The van der Waals surface area contributed by atoms with Crippen molar-refractivity contribution < 1.29 is 36.4 Å². The van der Waals surface area contributed by atoms with Gasteiger partial charge in [-0.1, -0.05) is 6.07 Å². The minimum atomic E-state index is -0.414. The van der Waals surface area contributed by atoms with Gasteiger partial charge < -0.3 is 36.4 Å². The highest BCUT2D eigenvalue weighted by atomic mass is 79.9. The van der Waals surface area contributed by atoms with Gasteiger partial charge in [0.15, 0.2) is 11.5 Å². The summed E-state index contributed by atoms with van der Waals surface area (Å²) in [5, 5.41) is 20.9. The van der Waals surface area contributed by atoms with Gasteiger partial charge in [-0.3, -0.25) is 0 Å². The van der Waals surface area contributed by atoms with Gasteiger partial charge in [0.1, 0.15) is 6.10 Å². The average molecular weight is 382 g/mol. The Morgan fingerprint density at radius 1 is 1.26 bits per heavy atom. The van der Waals surface area contributed by atoms with Crippen LogP contribution in [0, 0.1) is 5.92 Å². The molecule has 0 radical (unpaired) electrons. The maximum Gasteiger partial charge on any atom is 0.165 e. The van der Waals surface area contributed by atoms with E-state index >= 15 is 0 Å². The van der Waals surface area contributed by atoms with Crippen LogP contribution >= 0.6 is 0 Å². The summed E-state index contributed by atoms with van der Waals surface area (Å²) in [6.07, 6.45) is 3.42. The molecule has 0 amide bonds. The third kappa shape index (κ3) is 1.68. The summed E-state index contributed by atoms with van der Waals surface area (Å²) in [6, 6.07) is 4.44. The van der Waals surface area contributed by atoms with Crippen molar-refractivity contribution in [2.45, 2.75) is 49.3 Å². The lowest BCUT2D eigenvalue weighted by molar-refractivity contribution is -0.927. The van der Waals surface area contributed by atoms with E-state index in [1.54, 1.807) is 6.07 Å². The highest BCUT2D eigenvalue weighted by molar-refractivity contribution is 5.60. The summed E-state index contributed by atoms with van der Waals surface area (Å²) in [5.41, 5.74) is 2.49. The van der Waals surface area contributed by atoms with Gasteiger partial charge in [-0.25, -0.2) is 0 Å². The third-order valence-electron chi connectivity index (χ3n) is 7.12. The predicted molar refractivity (Wildman–Crippen MR) is 82.0 cm³/mol. The predicted octanol–water partition coefficient (Wildman–Crippen LogP) is -1.43. The molecular formula is C18H24BrNO3. The molecule has 5 atom stereocenters. The number of likely N-dealkylation sites (tertiary alicyclic amines) is 1. The number of hydrogen-bond donors (Lipinski definition) is 2. The number of benzene rings is 1. The maximum absolute atomic E-state index is 10.6. The van der Waals surface area contributed by atoms with Gasteiger partial charge in [0.25, 0.3) is 0 Å². The van der Waals surface area contributed by atoms with Crippen molar-refractivity contribution in [2.24, 2.45) is 5.92 Å². The van der Waals surface area contributed by atoms with E-state index in [0.717, 1.165) is 36.7 Å². The molecule has 0 aromatic heterocycles. The molecule has 2 aliphatic heterocycles. The van der Waals surface area contributed by atoms with Crippen LogP contribution in [0.2, 0.25) is 0 Å². The number of aliphatic hydroxyl groups is 1. The molecule has 1 spiro atoms. The van der Waals surface area contributed by atoms with E-state index in [9.17, 15) is 10.2 Å². The molecule has 1 saturated carbocycles. The summed E-state index contributed by atoms with van der Waals surface area (Å²) in [7, 11) is 4.69. The van der Waals surface area contributed by atoms with Crippen LogP contribution in [0.5, 0.6) is 11.5 Å². The van der Waals surface area contributed by atoms with Crippen LogP contribution in [-0.4, -0.2) is 53.6 Å². The fourth-order valence-electron chi connectivity index (χ4n) is 6.09. The fraction of sp³-hybridized carbons (Fsp3) is 0.667. The zero-order chi connectivity index (χ0) is 15.3. The normalized spacial score (nSPS) is 41.5. The van der Waals surface area contributed by atoms with Crippen LogP contribution in [0.3, 0.4) is 0 Å². The molecule has 2 bridgehead atoms. The molecule has 5 rings (SSSR count). The molecule has 2 fully saturated rings. The Labute approximate surface area is 147 Å². The summed E-state index contributed by atoms with van der Waals surface area (Å²) in [4.78, 5) is 0. The van der Waals surface area contributed by atoms with Crippen LogP contribution in [0.25, 0.3) is 0 Å². The lowest BCUT2D eigenvalue weighted by Crippen LogP contribution is -3.00. The number of aliphatic hydroxyl groups excluding tert-OH is 1. The summed E-state index contributed by atoms with van der Waals surface area (Å²) in [6.45, 7) is 1.11. The van der Waals surface area contributed by atoms with Gasteiger partial charge in [-0.2, -0.15) is 0 Å². The Kier molecular flexibility index (Phi) is 3.18. The molecule has 1 saturated heterocycles. The lowest BCUT2D eigenvalue weighted by atomic mass is 9.51. The number of likely N-dealkylation sites (N-methyl/N-ethyl adjacent to an activating group) is 1. The van der Waals surface area contributed by atoms with Crippen molar-refractivity contribution in [3.8, 4) is 11.5 Å². The minimum absolute atomic E-state index is 0. The van der Waals surface area contributed by atoms with Gasteiger partial charge in [-0.05, 0) is 24.5 Å². The van der Waals surface area contributed by atoms with Gasteiger partial charge >= 0.3 is 0 Å². The highest BCUT2D eigenvalue weighted by Crippen LogP contribution is 2.64. The topological polar surface area (TPSA) is 49.7 Å². The molecule has 126 valence electrons. The summed E-state index contributed by atoms with van der Waals surface area (Å²) < 4.78 is 7.24. The van der Waals surface area contributed by atoms with Crippen LogP contribution in [-0.2, 0) is 11.8 Å². The Hall–Kier alpha value is -0.780. The zero-order valence-corrected chi connectivity index (χ0v) is 15.2. The van der Waals surface area contributed by atoms with E-state index in [1.165, 1.54) is 11.1 Å². The molecule has 1 aromatic carbocycles. The fourth-order valence-corrected chi connectivity index (χ4v) is 6.09. The first-order chi connectivity index (χ1) is 10.4. The van der Waals surface area contributed by atoms with Gasteiger partial charge in [0.05, 0.1) is 38.2 Å². The standard InChI is InChI=1S/C18H23NO3.BrH/c1-19(2)8-7-18-11-4-6-14(21)17(18)22-16-13(20)5-3-10(15(16)18)9-12(11)19;/h3,5,11-12,14,17,21H,4,6-9H2,1-2H3;1H/t11-,12+,14-,17-,18-;/m0./s1. The largest absolute Gasteiger partial charge is 1.00 e. The second-order valence-electron chi connectivity index (χ2n) is 8.30. The first kappa shape index (κ1) is 15.7. The van der Waals surface area contributed by atoms with Crippen LogP contribution in [0.15, 0.2) is 12.1 Å². The monoisotopic (exact) mass is 381 g/mol. The first-order valence-electron chi connectivity index (χ1n) is 8.48. The SMILES string of the molecule is C[N+]1(C)CC[C@]23c4c5ccc(O)c4O[C@H]2[C@@H](O)CC[C@H]3[C@H]1C5.[Br-]. The van der Waals surface area contributed by atoms with E-state index in [-0.39, 0.29) is 34.2 Å². The number of piperidine rings is 1. The molecule has 1 aromatic rings. The van der Waals surface area contributed by atoms with Crippen molar-refractivity contribution in [3.63, 3.8) is 0 Å². The highest BCUT2D eigenvalue weighted by Gasteiger charge is 2.68. The van der Waals surface area contributed by atoms with Crippen LogP contribution in [0.4, 0.5) is 0 Å². The number of halogens is 1. The van der Waals surface area contributed by atoms with Crippen molar-refractivity contribution in [2.75, 3.05) is 20.6 Å². The van der Waals surface area contributed by atoms with E-state index < -0.39 is 6.10 Å². The first-order valence-corrected chi connectivity index (χ1v) is 8.48. The Balaban J connectivity index is 0.00000135. The van der Waals surface area contributed by atoms with Gasteiger partial charge in [0.2, 0.25) is 0 Å². The molecule has 4 nitrogen and oxygen atoms in total. The molecule has 0 unspecified atom stereocenters. The van der Waals surface area contributed by atoms with Crippen molar-refractivity contribution >= 4 is 0 Å². The zero-order valence-electron chi connectivity index (χ0n) is 13.6. The number of phenolic OH excluding ortho intramolecular Hbond substituents is 1. The molecule has 4 aliphatic rings. The second kappa shape index (κ2) is 4.64. The number of ether oxygens (including phenoxy) is 1. The molecule has 5 heteroatoms. The Morgan fingerprint density at radius 2 is 2.04 bits per heavy atom. The van der Waals surface area contributed by atoms with Crippen LogP contribution in [0.1, 0.15) is 30.4 Å². The molecular weight excluding hydrogens is 358 g/mol. The Morgan fingerprint density at radius 3 is 2.83 bits per heavy atom. The molecule has 2 N–H and O–H groups in total. The van der Waals surface area contributed by atoms with E-state index in [4.69, 9.17) is 4.74 Å². The van der Waals surface area contributed by atoms with E-state index in [1.807, 2.05) is 0 Å². The van der Waals surface area contributed by atoms with Gasteiger partial charge in [-0.15, -0.1) is 0 Å². The number of quaternary nitrogens is 1. The maximum atomic E-state index is 10.6. The molecule has 2 aliphatic carbocycles. The van der Waals surface area contributed by atoms with Crippen molar-refractivity contribution in [3.05, 3.63) is 23.3 Å². The average Bonchev–Trinajstić information content (AvgIpc) is 2.84. The number of hydrogen-bond acceptors (Lipinski definition) is 3. The van der Waals surface area contributed by atoms with Crippen molar-refractivity contribution in [1.82, 2.24) is 0 Å². The second-order valence-corrected chi connectivity index (χ2v) is 8.30. The number of nitrogens with zero attached hydrogens (tertiary/aromatic N) is 1. The third-order valence-corrected chi connectivity index (χ3v) is 7.12. The van der Waals surface area contributed by atoms with Crippen molar-refractivity contribution in [1.29, 1.82) is 0 Å². The smallest absolute Gasteiger partial charge is 0.165 e. The molecule has 23 heavy (non-hydrogen) atoms. The molecule has 2 heterocycles. The lowest BCUT2D eigenvalue weighted by Gasteiger charge is -2.60. The number of phenols is 1. The number of rotatable bonds is 0. The number of aromatic hydroxyl groups is 1. The van der Waals surface area contributed by atoms with Crippen LogP contribution < -0.4 is 21.7 Å². The van der Waals surface area contributed by atoms with E-state index in [2.05, 4.69) is 20.2 Å². The Bertz CT molecular complexity index is 676. The minimum Gasteiger partial charge on any atom is -1.00 e. The summed E-state index contributed by atoms with van der Waals surface area (Å²) >= 11 is 0. The van der Waals surface area contributed by atoms with E-state index in [0.29, 0.717) is 17.7 Å². The van der Waals surface area contributed by atoms with Gasteiger partial charge in [0, 0.05) is 24.3 Å².